The Morgan fingerprint density at radius 2 is 1.84 bits per heavy atom. The van der Waals surface area contributed by atoms with Crippen molar-refractivity contribution in [2.45, 2.75) is 108 Å². The maximum absolute atomic E-state index is 14.0. The predicted molar refractivity (Wildman–Crippen MR) is 193 cm³/mol. The number of thiol groups is 1. The normalized spacial score (nSPS) is 31.4. The summed E-state index contributed by atoms with van der Waals surface area (Å²) in [5, 5.41) is 15.5. The summed E-state index contributed by atoms with van der Waals surface area (Å²) in [6.07, 6.45) is 1.00. The fourth-order valence-corrected chi connectivity index (χ4v) is 7.09. The number of nitrogens with zero attached hydrogens (tertiary/aromatic N) is 2. The van der Waals surface area contributed by atoms with Crippen molar-refractivity contribution < 1.29 is 48.1 Å². The van der Waals surface area contributed by atoms with Crippen molar-refractivity contribution >= 4 is 53.8 Å². The molecule has 4 rings (SSSR count). The second-order valence-corrected chi connectivity index (χ2v) is 15.0. The van der Waals surface area contributed by atoms with E-state index in [-0.39, 0.29) is 29.5 Å². The zero-order valence-electron chi connectivity index (χ0n) is 30.4. The van der Waals surface area contributed by atoms with Gasteiger partial charge in [0.15, 0.2) is 11.8 Å². The fraction of sp³-hybridized carbons (Fsp3) is 0.611. The number of alkyl carbamates (subject to hydrolysis) is 1. The number of nitrogens with one attached hydrogen (secondary N) is 1. The zero-order valence-corrected chi connectivity index (χ0v) is 32.0. The second-order valence-electron chi connectivity index (χ2n) is 13.8. The third-order valence-corrected chi connectivity index (χ3v) is 10.4. The number of aliphatic hydroxyl groups is 1. The number of allylic oxidation sites excluding steroid dienone is 3. The smallest absolute Gasteiger partial charge is 0.409 e. The minimum Gasteiger partial charge on any atom is -0.495 e. The van der Waals surface area contributed by atoms with Gasteiger partial charge in [-0.1, -0.05) is 56.2 Å². The van der Waals surface area contributed by atoms with Gasteiger partial charge in [0.25, 0.3) is 0 Å². The van der Waals surface area contributed by atoms with Gasteiger partial charge in [-0.25, -0.2) is 14.7 Å². The van der Waals surface area contributed by atoms with Crippen LogP contribution < -0.4 is 15.0 Å². The van der Waals surface area contributed by atoms with Crippen LogP contribution in [0, 0.1) is 11.8 Å². The van der Waals surface area contributed by atoms with E-state index in [2.05, 4.69) is 17.9 Å². The summed E-state index contributed by atoms with van der Waals surface area (Å²) in [6, 6.07) is 2.42. The Labute approximate surface area is 309 Å². The zero-order chi connectivity index (χ0) is 37.8. The van der Waals surface area contributed by atoms with E-state index in [1.54, 1.807) is 45.2 Å². The van der Waals surface area contributed by atoms with Crippen LogP contribution in [-0.2, 0) is 39.9 Å². The van der Waals surface area contributed by atoms with Gasteiger partial charge in [0.2, 0.25) is 11.8 Å². The van der Waals surface area contributed by atoms with Crippen molar-refractivity contribution in [3.63, 3.8) is 0 Å². The van der Waals surface area contributed by atoms with Gasteiger partial charge >= 0.3 is 12.1 Å². The number of ether oxygens (including phenoxy) is 4. The number of rotatable bonds is 5. The molecule has 0 aliphatic carbocycles. The van der Waals surface area contributed by atoms with Crippen LogP contribution in [0.3, 0.4) is 0 Å². The maximum atomic E-state index is 14.0. The number of halogens is 1. The largest absolute Gasteiger partial charge is 0.495 e. The highest BCUT2D eigenvalue weighted by atomic mass is 35.5. The summed E-state index contributed by atoms with van der Waals surface area (Å²) in [5.74, 6) is -2.66. The average molecular weight is 752 g/mol. The van der Waals surface area contributed by atoms with E-state index in [4.69, 9.17) is 35.4 Å². The van der Waals surface area contributed by atoms with Gasteiger partial charge in [-0.2, -0.15) is 12.6 Å². The Morgan fingerprint density at radius 1 is 1.16 bits per heavy atom. The van der Waals surface area contributed by atoms with Crippen molar-refractivity contribution in [2.24, 2.45) is 11.8 Å². The van der Waals surface area contributed by atoms with Crippen LogP contribution in [0.1, 0.15) is 65.9 Å². The van der Waals surface area contributed by atoms with Gasteiger partial charge in [0, 0.05) is 38.8 Å². The van der Waals surface area contributed by atoms with Gasteiger partial charge < -0.3 is 29.0 Å². The first-order chi connectivity index (χ1) is 24.0. The molecule has 51 heavy (non-hydrogen) atoms. The van der Waals surface area contributed by atoms with Crippen molar-refractivity contribution in [1.82, 2.24) is 10.4 Å². The number of hydroxylamine groups is 2. The molecule has 13 nitrogen and oxygen atoms in total. The van der Waals surface area contributed by atoms with E-state index in [0.717, 1.165) is 16.2 Å². The number of hydrogen-bond acceptors (Lipinski definition) is 11. The standard InChI is InChI=1S/C36H50ClN3O10S/c1-19-10-9-11-29(47-8)36(45)18-28(49-35(44)38-36)22(4)33-21(3)26(48-34(43)23(5)40(50-33)30(41)13-12-20(2)51)17-31(42)39(6)25-15-24(14-19)16-27(46-7)32(25)37/h9-11,15-16,20-23,26,28-29,33,45,51H,12-14,17-18H2,1-8H3,(H,38,44). The van der Waals surface area contributed by atoms with Crippen LogP contribution >= 0.6 is 24.2 Å². The van der Waals surface area contributed by atoms with Crippen molar-refractivity contribution in [3.05, 3.63) is 46.5 Å². The summed E-state index contributed by atoms with van der Waals surface area (Å²) >= 11 is 11.1. The highest BCUT2D eigenvalue weighted by Gasteiger charge is 2.51. The molecule has 0 saturated carbocycles. The first kappa shape index (κ1) is 40.5. The molecule has 1 aromatic carbocycles. The van der Waals surface area contributed by atoms with E-state index in [9.17, 15) is 24.3 Å². The summed E-state index contributed by atoms with van der Waals surface area (Å²) in [5.41, 5.74) is 0.254. The molecule has 2 saturated heterocycles. The van der Waals surface area contributed by atoms with Crippen molar-refractivity contribution in [2.75, 3.05) is 26.2 Å². The molecule has 3 heterocycles. The highest BCUT2D eigenvalue weighted by Crippen LogP contribution is 2.39. The Balaban J connectivity index is 1.85. The molecule has 15 heteroatoms. The van der Waals surface area contributed by atoms with Crippen LogP contribution in [0.25, 0.3) is 0 Å². The lowest BCUT2D eigenvalue weighted by molar-refractivity contribution is -0.266. The maximum Gasteiger partial charge on any atom is 0.409 e. The van der Waals surface area contributed by atoms with Crippen molar-refractivity contribution in [1.29, 1.82) is 0 Å². The number of benzene rings is 1. The molecule has 1 aromatic rings. The van der Waals surface area contributed by atoms with Crippen LogP contribution in [0.2, 0.25) is 5.02 Å². The molecule has 3 aliphatic rings. The van der Waals surface area contributed by atoms with Gasteiger partial charge in [-0.05, 0) is 49.6 Å². The lowest BCUT2D eigenvalue weighted by atomic mass is 9.81. The predicted octanol–water partition coefficient (Wildman–Crippen LogP) is 4.78. The number of carbonyl (C=O) groups is 4. The monoisotopic (exact) mass is 751 g/mol. The molecule has 3 aliphatic heterocycles. The summed E-state index contributed by atoms with van der Waals surface area (Å²) < 4.78 is 22.9. The van der Waals surface area contributed by atoms with E-state index in [1.807, 2.05) is 19.9 Å². The third-order valence-electron chi connectivity index (χ3n) is 9.80. The fourth-order valence-electron chi connectivity index (χ4n) is 6.65. The van der Waals surface area contributed by atoms with E-state index < -0.39 is 71.9 Å². The Bertz CT molecular complexity index is 1540. The number of hydrogen-bond donors (Lipinski definition) is 3. The number of methoxy groups -OCH3 is 2. The number of amides is 3. The Kier molecular flexibility index (Phi) is 13.5. The summed E-state index contributed by atoms with van der Waals surface area (Å²) in [6.45, 7) is 8.75. The van der Waals surface area contributed by atoms with Gasteiger partial charge in [0.05, 0.1) is 25.3 Å². The van der Waals surface area contributed by atoms with Crippen LogP contribution in [-0.4, -0.2) is 96.7 Å². The number of anilines is 1. The molecule has 0 aromatic heterocycles. The first-order valence-corrected chi connectivity index (χ1v) is 18.0. The van der Waals surface area contributed by atoms with Gasteiger partial charge in [-0.15, -0.1) is 0 Å². The third kappa shape index (κ3) is 9.39. The quantitative estimate of drug-likeness (QED) is 0.283. The van der Waals surface area contributed by atoms with Gasteiger partial charge in [0.1, 0.15) is 29.1 Å². The molecule has 3 amide bonds. The topological polar surface area (TPSA) is 153 Å². The Hall–Kier alpha value is -3.30. The molecule has 9 unspecified atom stereocenters. The molecule has 9 atom stereocenters. The number of carbonyl (C=O) groups excluding carboxylic acids is 4. The summed E-state index contributed by atoms with van der Waals surface area (Å²) in [4.78, 5) is 61.9. The molecule has 2 N–H and O–H groups in total. The lowest BCUT2D eigenvalue weighted by Gasteiger charge is -2.46. The SMILES string of the molecule is COc1cc2cc(c1Cl)N(C)C(=O)CC1OC(=O)C(C)N(C(=O)CCC(C)S)OC(C(C)C3CC(O)(NC(=O)O3)C(OC)C=CC=C(C)C2)C1C. The molecule has 6 bridgehead atoms. The van der Waals surface area contributed by atoms with E-state index in [0.29, 0.717) is 24.3 Å². The molecule has 2 fully saturated rings. The van der Waals surface area contributed by atoms with Crippen molar-refractivity contribution in [3.8, 4) is 5.75 Å². The van der Waals surface area contributed by atoms with Gasteiger partial charge in [-0.3, -0.25) is 19.7 Å². The molecular formula is C36H50ClN3O10S. The van der Waals surface area contributed by atoms with Crippen LogP contribution in [0.4, 0.5) is 10.5 Å². The van der Waals surface area contributed by atoms with E-state index >= 15 is 0 Å². The lowest BCUT2D eigenvalue weighted by Crippen LogP contribution is -2.64. The number of fused-ring (bicyclic) bond motifs is 6. The average Bonchev–Trinajstić information content (AvgIpc) is 3.07. The molecule has 282 valence electrons. The second kappa shape index (κ2) is 17.0. The molecule has 0 spiro atoms. The molecule has 0 radical (unpaired) electrons. The van der Waals surface area contributed by atoms with Crippen LogP contribution in [0.5, 0.6) is 5.75 Å². The van der Waals surface area contributed by atoms with Crippen LogP contribution in [0.15, 0.2) is 35.9 Å². The number of esters is 1. The minimum absolute atomic E-state index is 0.0472. The van der Waals surface area contributed by atoms with E-state index in [1.165, 1.54) is 26.0 Å². The molecular weight excluding hydrogens is 702 g/mol. The minimum atomic E-state index is -1.89. The Morgan fingerprint density at radius 3 is 2.49 bits per heavy atom. The highest BCUT2D eigenvalue weighted by molar-refractivity contribution is 7.80. The first-order valence-electron chi connectivity index (χ1n) is 17.1. The summed E-state index contributed by atoms with van der Waals surface area (Å²) in [7, 11) is 4.49.